The van der Waals surface area contributed by atoms with Gasteiger partial charge in [0.05, 0.1) is 19.5 Å². The van der Waals surface area contributed by atoms with Gasteiger partial charge in [0.25, 0.3) is 0 Å². The van der Waals surface area contributed by atoms with Crippen LogP contribution in [0.3, 0.4) is 0 Å². The minimum absolute atomic E-state index is 0.291. The van der Waals surface area contributed by atoms with Crippen LogP contribution in [-0.2, 0) is 6.54 Å². The first-order valence-corrected chi connectivity index (χ1v) is 5.27. The first-order chi connectivity index (χ1) is 8.83. The van der Waals surface area contributed by atoms with E-state index in [-0.39, 0.29) is 0 Å². The first-order valence-electron chi connectivity index (χ1n) is 5.27. The lowest BCUT2D eigenvalue weighted by molar-refractivity contribution is 0.393. The Morgan fingerprint density at radius 1 is 1.33 bits per heavy atom. The van der Waals surface area contributed by atoms with Gasteiger partial charge in [0.2, 0.25) is 5.88 Å². The maximum absolute atomic E-state index is 8.61. The Balaban J connectivity index is 2.04. The van der Waals surface area contributed by atoms with E-state index in [4.69, 9.17) is 10.00 Å². The van der Waals surface area contributed by atoms with Gasteiger partial charge in [-0.1, -0.05) is 6.07 Å². The summed E-state index contributed by atoms with van der Waals surface area (Å²) in [5, 5.41) is 11.7. The number of nitrogens with zero attached hydrogens (tertiary/aromatic N) is 4. The van der Waals surface area contributed by atoms with Gasteiger partial charge in [0.15, 0.2) is 5.69 Å². The number of hydrogen-bond acceptors (Lipinski definition) is 6. The Bertz CT molecular complexity index is 561. The van der Waals surface area contributed by atoms with Crippen LogP contribution in [0.25, 0.3) is 0 Å². The van der Waals surface area contributed by atoms with Crippen LogP contribution in [0.1, 0.15) is 11.3 Å². The van der Waals surface area contributed by atoms with Gasteiger partial charge in [-0.15, -0.1) is 0 Å². The van der Waals surface area contributed by atoms with E-state index in [9.17, 15) is 0 Å². The quantitative estimate of drug-likeness (QED) is 0.870. The van der Waals surface area contributed by atoms with Gasteiger partial charge < -0.3 is 10.1 Å². The molecule has 0 atom stereocenters. The lowest BCUT2D eigenvalue weighted by Gasteiger charge is -2.08. The minimum Gasteiger partial charge on any atom is -0.481 e. The number of anilines is 1. The van der Waals surface area contributed by atoms with Crippen LogP contribution in [0.4, 0.5) is 5.82 Å². The van der Waals surface area contributed by atoms with Gasteiger partial charge in [0.1, 0.15) is 11.9 Å². The normalized spacial score (nSPS) is 9.56. The lowest BCUT2D eigenvalue weighted by Crippen LogP contribution is -2.04. The summed E-state index contributed by atoms with van der Waals surface area (Å²) < 4.78 is 5.14. The second-order valence-electron chi connectivity index (χ2n) is 3.42. The van der Waals surface area contributed by atoms with Gasteiger partial charge in [-0.2, -0.15) is 5.26 Å². The average Bonchev–Trinajstić information content (AvgIpc) is 2.46. The minimum atomic E-state index is 0.291. The molecule has 2 aromatic rings. The summed E-state index contributed by atoms with van der Waals surface area (Å²) >= 11 is 0. The Hall–Kier alpha value is -2.68. The van der Waals surface area contributed by atoms with Crippen LogP contribution >= 0.6 is 0 Å². The van der Waals surface area contributed by atoms with Gasteiger partial charge in [-0.05, 0) is 6.07 Å². The van der Waals surface area contributed by atoms with E-state index in [1.807, 2.05) is 18.2 Å². The zero-order valence-electron chi connectivity index (χ0n) is 9.79. The van der Waals surface area contributed by atoms with Gasteiger partial charge in [-0.25, -0.2) is 15.0 Å². The predicted octanol–water partition coefficient (Wildman–Crippen LogP) is 1.36. The monoisotopic (exact) mass is 241 g/mol. The van der Waals surface area contributed by atoms with Crippen molar-refractivity contribution in [3.8, 4) is 11.9 Å². The smallest absolute Gasteiger partial charge is 0.218 e. The zero-order chi connectivity index (χ0) is 12.8. The van der Waals surface area contributed by atoms with E-state index >= 15 is 0 Å². The summed E-state index contributed by atoms with van der Waals surface area (Å²) in [6, 6.07) is 5.66. The molecule has 2 aromatic heterocycles. The highest BCUT2D eigenvalue weighted by atomic mass is 16.5. The van der Waals surface area contributed by atoms with Crippen LogP contribution in [0.15, 0.2) is 30.7 Å². The lowest BCUT2D eigenvalue weighted by atomic mass is 10.2. The number of methoxy groups -OCH3 is 1. The number of aromatic nitrogens is 3. The summed E-state index contributed by atoms with van der Waals surface area (Å²) in [4.78, 5) is 12.1. The fourth-order valence-electron chi connectivity index (χ4n) is 1.41. The maximum atomic E-state index is 8.61. The van der Waals surface area contributed by atoms with Crippen molar-refractivity contribution in [2.24, 2.45) is 0 Å². The van der Waals surface area contributed by atoms with Gasteiger partial charge in [0, 0.05) is 18.3 Å². The Morgan fingerprint density at radius 2 is 2.22 bits per heavy atom. The van der Waals surface area contributed by atoms with Crippen molar-refractivity contribution in [2.45, 2.75) is 6.54 Å². The molecule has 0 saturated heterocycles. The largest absolute Gasteiger partial charge is 0.481 e. The number of ether oxygens (including phenoxy) is 1. The number of nitrogens with one attached hydrogen (secondary N) is 1. The van der Waals surface area contributed by atoms with Crippen molar-refractivity contribution in [3.05, 3.63) is 42.0 Å². The molecule has 0 aromatic carbocycles. The van der Waals surface area contributed by atoms with Crippen LogP contribution in [0, 0.1) is 11.3 Å². The first kappa shape index (κ1) is 11.8. The molecule has 0 amide bonds. The third kappa shape index (κ3) is 2.71. The molecule has 2 rings (SSSR count). The Labute approximate surface area is 104 Å². The molecule has 6 nitrogen and oxygen atoms in total. The predicted molar refractivity (Wildman–Crippen MR) is 64.9 cm³/mol. The van der Waals surface area contributed by atoms with Gasteiger partial charge in [-0.3, -0.25) is 0 Å². The summed E-state index contributed by atoms with van der Waals surface area (Å²) in [6.45, 7) is 0.525. The number of nitriles is 1. The summed E-state index contributed by atoms with van der Waals surface area (Å²) in [6.07, 6.45) is 4.61. The number of rotatable bonds is 4. The second-order valence-corrected chi connectivity index (χ2v) is 3.42. The standard InChI is InChI=1S/C12H11N5O/c1-18-12-9(3-2-4-14-12)6-16-11-8-15-10(5-13)7-17-11/h2-4,7-8H,6H2,1H3,(H,16,17). The summed E-state index contributed by atoms with van der Waals surface area (Å²) in [5.41, 5.74) is 1.21. The third-order valence-corrected chi connectivity index (χ3v) is 2.27. The molecule has 18 heavy (non-hydrogen) atoms. The molecule has 0 aliphatic carbocycles. The van der Waals surface area contributed by atoms with Crippen molar-refractivity contribution < 1.29 is 4.74 Å². The fraction of sp³-hybridized carbons (Fsp3) is 0.167. The van der Waals surface area contributed by atoms with Crippen molar-refractivity contribution in [1.82, 2.24) is 15.0 Å². The Morgan fingerprint density at radius 3 is 2.89 bits per heavy atom. The van der Waals surface area contributed by atoms with Crippen molar-refractivity contribution in [3.63, 3.8) is 0 Å². The molecule has 0 bridgehead atoms. The highest BCUT2D eigenvalue weighted by molar-refractivity contribution is 5.36. The molecule has 0 spiro atoms. The zero-order valence-corrected chi connectivity index (χ0v) is 9.79. The van der Waals surface area contributed by atoms with Crippen LogP contribution < -0.4 is 10.1 Å². The maximum Gasteiger partial charge on any atom is 0.218 e. The van der Waals surface area contributed by atoms with E-state index in [0.717, 1.165) is 5.56 Å². The summed E-state index contributed by atoms with van der Waals surface area (Å²) in [7, 11) is 1.58. The van der Waals surface area contributed by atoms with E-state index in [0.29, 0.717) is 23.9 Å². The Kier molecular flexibility index (Phi) is 3.66. The number of hydrogen-bond donors (Lipinski definition) is 1. The molecule has 0 unspecified atom stereocenters. The molecule has 0 saturated carbocycles. The molecular weight excluding hydrogens is 230 g/mol. The molecule has 0 fully saturated rings. The second kappa shape index (κ2) is 5.59. The molecule has 6 heteroatoms. The van der Waals surface area contributed by atoms with Crippen molar-refractivity contribution in [1.29, 1.82) is 5.26 Å². The van der Waals surface area contributed by atoms with Crippen molar-refractivity contribution >= 4 is 5.82 Å². The molecule has 1 N–H and O–H groups in total. The van der Waals surface area contributed by atoms with E-state index in [1.165, 1.54) is 12.4 Å². The molecule has 0 aliphatic rings. The molecular formula is C12H11N5O. The topological polar surface area (TPSA) is 83.7 Å². The molecule has 2 heterocycles. The highest BCUT2D eigenvalue weighted by Crippen LogP contribution is 2.14. The molecule has 90 valence electrons. The highest BCUT2D eigenvalue weighted by Gasteiger charge is 2.03. The van der Waals surface area contributed by atoms with E-state index in [2.05, 4.69) is 20.3 Å². The SMILES string of the molecule is COc1ncccc1CNc1cnc(C#N)cn1. The third-order valence-electron chi connectivity index (χ3n) is 2.27. The van der Waals surface area contributed by atoms with Crippen LogP contribution in [0.5, 0.6) is 5.88 Å². The summed E-state index contributed by atoms with van der Waals surface area (Å²) in [5.74, 6) is 1.17. The molecule has 0 aliphatic heterocycles. The van der Waals surface area contributed by atoms with Crippen LogP contribution in [0.2, 0.25) is 0 Å². The fourth-order valence-corrected chi connectivity index (χ4v) is 1.41. The average molecular weight is 241 g/mol. The van der Waals surface area contributed by atoms with Gasteiger partial charge >= 0.3 is 0 Å². The van der Waals surface area contributed by atoms with E-state index < -0.39 is 0 Å². The molecule has 0 radical (unpaired) electrons. The van der Waals surface area contributed by atoms with E-state index in [1.54, 1.807) is 13.3 Å². The number of pyridine rings is 1. The van der Waals surface area contributed by atoms with Crippen molar-refractivity contribution in [2.75, 3.05) is 12.4 Å². The van der Waals surface area contributed by atoms with Crippen LogP contribution in [-0.4, -0.2) is 22.1 Å².